The summed E-state index contributed by atoms with van der Waals surface area (Å²) in [6.45, 7) is 0. The molecule has 0 saturated carbocycles. The predicted molar refractivity (Wildman–Crippen MR) is 97.2 cm³/mol. The third-order valence-electron chi connectivity index (χ3n) is 3.52. The first-order valence-electron chi connectivity index (χ1n) is 7.44. The predicted octanol–water partition coefficient (Wildman–Crippen LogP) is 3.24. The Morgan fingerprint density at radius 3 is 2.52 bits per heavy atom. The van der Waals surface area contributed by atoms with Crippen LogP contribution >= 0.6 is 11.6 Å². The van der Waals surface area contributed by atoms with Crippen molar-refractivity contribution in [2.45, 2.75) is 0 Å². The highest BCUT2D eigenvalue weighted by molar-refractivity contribution is 6.30. The fourth-order valence-corrected chi connectivity index (χ4v) is 2.45. The largest absolute Gasteiger partial charge is 0.364 e. The highest BCUT2D eigenvalue weighted by Gasteiger charge is 2.20. The summed E-state index contributed by atoms with van der Waals surface area (Å²) in [5.74, 6) is -0.929. The second-order valence-corrected chi connectivity index (χ2v) is 5.70. The highest BCUT2D eigenvalue weighted by Crippen LogP contribution is 2.31. The lowest BCUT2D eigenvalue weighted by Gasteiger charge is -1.99. The van der Waals surface area contributed by atoms with Gasteiger partial charge in [0.1, 0.15) is 0 Å². The molecule has 0 radical (unpaired) electrons. The first kappa shape index (κ1) is 18.0. The van der Waals surface area contributed by atoms with Crippen LogP contribution in [0.1, 0.15) is 10.5 Å². The van der Waals surface area contributed by atoms with Crippen molar-refractivity contribution in [1.82, 2.24) is 9.78 Å². The van der Waals surface area contributed by atoms with E-state index in [1.54, 1.807) is 30.3 Å². The molecule has 0 unspecified atom stereocenters. The molecule has 0 fully saturated rings. The number of halogens is 1. The van der Waals surface area contributed by atoms with Crippen LogP contribution in [0.15, 0.2) is 63.6 Å². The van der Waals surface area contributed by atoms with E-state index in [0.29, 0.717) is 5.69 Å². The van der Waals surface area contributed by atoms with Crippen molar-refractivity contribution < 1.29 is 9.72 Å². The van der Waals surface area contributed by atoms with Gasteiger partial charge in [-0.3, -0.25) is 24.8 Å². The van der Waals surface area contributed by atoms with Crippen LogP contribution < -0.4 is 11.3 Å². The second-order valence-electron chi connectivity index (χ2n) is 5.27. The van der Waals surface area contributed by atoms with Crippen LogP contribution in [-0.2, 0) is 0 Å². The number of para-hydroxylation sites is 1. The Morgan fingerprint density at radius 2 is 1.89 bits per heavy atom. The number of amides is 1. The number of aromatic amines is 1. The van der Waals surface area contributed by atoms with Gasteiger partial charge >= 0.3 is 0 Å². The van der Waals surface area contributed by atoms with E-state index < -0.39 is 22.1 Å². The lowest BCUT2D eigenvalue weighted by Crippen LogP contribution is -2.14. The van der Waals surface area contributed by atoms with E-state index in [1.165, 1.54) is 12.1 Å². The Morgan fingerprint density at radius 1 is 1.19 bits per heavy atom. The van der Waals surface area contributed by atoms with Crippen molar-refractivity contribution in [2.24, 2.45) is 16.0 Å². The molecular weight excluding hydrogens is 376 g/mol. The number of carbonyl (C=O) groups excluding carboxylic acids is 1. The van der Waals surface area contributed by atoms with Crippen LogP contribution in [0.5, 0.6) is 0 Å². The van der Waals surface area contributed by atoms with Crippen LogP contribution in [0.4, 0.5) is 17.1 Å². The summed E-state index contributed by atoms with van der Waals surface area (Å²) in [6, 6.07) is 12.2. The number of hydrogen-bond donors (Lipinski definition) is 2. The summed E-state index contributed by atoms with van der Waals surface area (Å²) in [4.78, 5) is 34.7. The minimum atomic E-state index is -0.929. The molecule has 136 valence electrons. The normalized spacial score (nSPS) is 11.0. The summed E-state index contributed by atoms with van der Waals surface area (Å²) >= 11 is 5.74. The molecule has 1 heterocycles. The zero-order valence-electron chi connectivity index (χ0n) is 13.5. The number of nitrogens with zero attached hydrogens (tertiary/aromatic N) is 4. The van der Waals surface area contributed by atoms with E-state index in [2.05, 4.69) is 15.3 Å². The van der Waals surface area contributed by atoms with E-state index in [-0.39, 0.29) is 22.1 Å². The SMILES string of the molecule is NC(=O)c1[nH]n(-c2ccccc2)c(=O)c1/N=N/c1ccc(Cl)cc1[N+](=O)[O-]. The van der Waals surface area contributed by atoms with Gasteiger partial charge in [0.05, 0.1) is 10.6 Å². The summed E-state index contributed by atoms with van der Waals surface area (Å²) in [5, 5.41) is 21.3. The van der Waals surface area contributed by atoms with E-state index in [9.17, 15) is 19.7 Å². The van der Waals surface area contributed by atoms with Crippen LogP contribution in [0.2, 0.25) is 5.02 Å². The molecule has 0 atom stereocenters. The molecule has 0 spiro atoms. The number of nitro groups is 1. The summed E-state index contributed by atoms with van der Waals surface area (Å²) in [5.41, 5.74) is 3.89. The Hall–Kier alpha value is -3.79. The van der Waals surface area contributed by atoms with Gasteiger partial charge in [-0.15, -0.1) is 10.2 Å². The first-order valence-corrected chi connectivity index (χ1v) is 7.82. The van der Waals surface area contributed by atoms with Gasteiger partial charge in [-0.05, 0) is 24.3 Å². The number of nitro benzene ring substituents is 1. The van der Waals surface area contributed by atoms with Crippen LogP contribution in [-0.4, -0.2) is 20.6 Å². The number of benzene rings is 2. The average molecular weight is 387 g/mol. The fourth-order valence-electron chi connectivity index (χ4n) is 2.28. The van der Waals surface area contributed by atoms with Crippen LogP contribution in [0.3, 0.4) is 0 Å². The molecule has 2 aromatic carbocycles. The molecule has 0 aliphatic rings. The molecule has 10 nitrogen and oxygen atoms in total. The minimum absolute atomic E-state index is 0.133. The lowest BCUT2D eigenvalue weighted by atomic mass is 10.3. The summed E-state index contributed by atoms with van der Waals surface area (Å²) in [7, 11) is 0. The van der Waals surface area contributed by atoms with Gasteiger partial charge < -0.3 is 5.73 Å². The third kappa shape index (κ3) is 3.60. The number of aromatic nitrogens is 2. The Kier molecular flexibility index (Phi) is 4.81. The maximum Gasteiger partial charge on any atom is 0.299 e. The Bertz CT molecular complexity index is 1120. The monoisotopic (exact) mass is 386 g/mol. The Labute approximate surface area is 156 Å². The molecule has 3 N–H and O–H groups in total. The van der Waals surface area contributed by atoms with Crippen molar-refractivity contribution >= 4 is 34.6 Å². The van der Waals surface area contributed by atoms with Gasteiger partial charge in [-0.2, -0.15) is 0 Å². The van der Waals surface area contributed by atoms with Crippen molar-refractivity contribution in [1.29, 1.82) is 0 Å². The zero-order valence-corrected chi connectivity index (χ0v) is 14.3. The summed E-state index contributed by atoms with van der Waals surface area (Å²) < 4.78 is 1.07. The van der Waals surface area contributed by atoms with E-state index in [1.807, 2.05) is 0 Å². The van der Waals surface area contributed by atoms with Crippen molar-refractivity contribution in [3.05, 3.63) is 79.7 Å². The zero-order chi connectivity index (χ0) is 19.6. The molecule has 3 rings (SSSR count). The van der Waals surface area contributed by atoms with Gasteiger partial charge in [0, 0.05) is 11.1 Å². The van der Waals surface area contributed by atoms with Gasteiger partial charge in [0.25, 0.3) is 17.2 Å². The number of azo groups is 1. The number of rotatable bonds is 5. The van der Waals surface area contributed by atoms with Gasteiger partial charge in [0.2, 0.25) is 0 Å². The maximum absolute atomic E-state index is 12.6. The molecule has 0 saturated heterocycles. The number of hydrogen-bond acceptors (Lipinski definition) is 6. The van der Waals surface area contributed by atoms with Crippen LogP contribution in [0, 0.1) is 10.1 Å². The highest BCUT2D eigenvalue weighted by atomic mass is 35.5. The van der Waals surface area contributed by atoms with Crippen LogP contribution in [0.25, 0.3) is 5.69 Å². The topological polar surface area (TPSA) is 149 Å². The van der Waals surface area contributed by atoms with E-state index in [4.69, 9.17) is 17.3 Å². The smallest absolute Gasteiger partial charge is 0.299 e. The van der Waals surface area contributed by atoms with Gasteiger partial charge in [-0.1, -0.05) is 29.8 Å². The molecular formula is C16H11ClN6O4. The quantitative estimate of drug-likeness (QED) is 0.393. The molecule has 11 heteroatoms. The summed E-state index contributed by atoms with van der Waals surface area (Å²) in [6.07, 6.45) is 0. The molecule has 3 aromatic rings. The number of nitrogens with two attached hydrogens (primary N) is 1. The molecule has 27 heavy (non-hydrogen) atoms. The van der Waals surface area contributed by atoms with Gasteiger partial charge in [-0.25, -0.2) is 4.68 Å². The minimum Gasteiger partial charge on any atom is -0.364 e. The Balaban J connectivity index is 2.12. The van der Waals surface area contributed by atoms with Crippen molar-refractivity contribution in [2.75, 3.05) is 0 Å². The lowest BCUT2D eigenvalue weighted by molar-refractivity contribution is -0.384. The number of nitrogens with one attached hydrogen (secondary N) is 1. The number of primary amides is 1. The third-order valence-corrected chi connectivity index (χ3v) is 3.75. The number of H-pyrrole nitrogens is 1. The molecule has 0 aliphatic carbocycles. The first-order chi connectivity index (χ1) is 12.9. The van der Waals surface area contributed by atoms with E-state index >= 15 is 0 Å². The molecule has 0 bridgehead atoms. The second kappa shape index (κ2) is 7.22. The number of carbonyl (C=O) groups is 1. The molecule has 1 amide bonds. The standard InChI is InChI=1S/C16H11ClN6O4/c17-9-6-7-11(12(8-9)23(26)27)19-20-14-13(15(18)24)21-22(16(14)25)10-4-2-1-3-5-10/h1-8,21H,(H2,18,24)/b20-19+. The average Bonchev–Trinajstić information content (AvgIpc) is 2.98. The molecule has 0 aliphatic heterocycles. The van der Waals surface area contributed by atoms with Gasteiger partial charge in [0.15, 0.2) is 17.1 Å². The maximum atomic E-state index is 12.6. The van der Waals surface area contributed by atoms with E-state index in [0.717, 1.165) is 10.7 Å². The fraction of sp³-hybridized carbons (Fsp3) is 0. The molecule has 1 aromatic heterocycles. The van der Waals surface area contributed by atoms with Crippen molar-refractivity contribution in [3.63, 3.8) is 0 Å². The van der Waals surface area contributed by atoms with Crippen molar-refractivity contribution in [3.8, 4) is 5.69 Å².